The topological polar surface area (TPSA) is 28.2 Å². The number of hydrogen-bond acceptors (Lipinski definition) is 3. The Morgan fingerprint density at radius 2 is 2.20 bits per heavy atom. The second-order valence-electron chi connectivity index (χ2n) is 5.06. The van der Waals surface area contributed by atoms with Gasteiger partial charge in [-0.2, -0.15) is 0 Å². The molecule has 0 aliphatic carbocycles. The summed E-state index contributed by atoms with van der Waals surface area (Å²) in [4.78, 5) is 6.80. The monoisotopic (exact) mass is 287 g/mol. The van der Waals surface area contributed by atoms with E-state index in [1.165, 1.54) is 11.3 Å². The van der Waals surface area contributed by atoms with Crippen LogP contribution in [-0.4, -0.2) is 18.6 Å². The molecular formula is C16H18ClN3. The van der Waals surface area contributed by atoms with E-state index in [0.29, 0.717) is 0 Å². The van der Waals surface area contributed by atoms with Crippen molar-refractivity contribution >= 4 is 23.1 Å². The molecule has 3 rings (SSSR count). The van der Waals surface area contributed by atoms with Crippen LogP contribution in [0.5, 0.6) is 0 Å². The lowest BCUT2D eigenvalue weighted by Gasteiger charge is -2.31. The Morgan fingerprint density at radius 1 is 1.35 bits per heavy atom. The average molecular weight is 288 g/mol. The van der Waals surface area contributed by atoms with Crippen LogP contribution in [0.15, 0.2) is 36.5 Å². The van der Waals surface area contributed by atoms with Crippen LogP contribution in [0.3, 0.4) is 0 Å². The predicted molar refractivity (Wildman–Crippen MR) is 83.8 cm³/mol. The molecular weight excluding hydrogens is 270 g/mol. The van der Waals surface area contributed by atoms with E-state index in [9.17, 15) is 0 Å². The largest absolute Gasteiger partial charge is 0.325 e. The maximum Gasteiger partial charge on any atom is 0.151 e. The molecule has 3 nitrogen and oxygen atoms in total. The zero-order valence-electron chi connectivity index (χ0n) is 11.6. The van der Waals surface area contributed by atoms with Crippen molar-refractivity contribution in [2.75, 3.05) is 18.5 Å². The molecule has 4 heteroatoms. The first-order valence-electron chi connectivity index (χ1n) is 6.94. The first-order chi connectivity index (χ1) is 9.79. The van der Waals surface area contributed by atoms with E-state index in [0.717, 1.165) is 42.3 Å². The summed E-state index contributed by atoms with van der Waals surface area (Å²) < 4.78 is 0. The molecule has 0 fully saturated rings. The van der Waals surface area contributed by atoms with Gasteiger partial charge in [0.15, 0.2) is 5.82 Å². The van der Waals surface area contributed by atoms with Crippen molar-refractivity contribution in [3.8, 4) is 0 Å². The zero-order chi connectivity index (χ0) is 13.9. The molecule has 0 amide bonds. The van der Waals surface area contributed by atoms with Gasteiger partial charge in [-0.3, -0.25) is 0 Å². The summed E-state index contributed by atoms with van der Waals surface area (Å²) in [6.45, 7) is 1.75. The van der Waals surface area contributed by atoms with Gasteiger partial charge in [0.2, 0.25) is 0 Å². The lowest BCUT2D eigenvalue weighted by molar-refractivity contribution is 0.757. The lowest BCUT2D eigenvalue weighted by Crippen LogP contribution is -2.25. The molecule has 1 aliphatic rings. The summed E-state index contributed by atoms with van der Waals surface area (Å²) in [6.07, 6.45) is 4.16. The molecule has 0 bridgehead atoms. The van der Waals surface area contributed by atoms with E-state index in [-0.39, 0.29) is 0 Å². The SMILES string of the molecule is CNCc1cnc(N2CCCc3ccccc32)c(Cl)c1. The summed E-state index contributed by atoms with van der Waals surface area (Å²) >= 11 is 6.43. The number of benzene rings is 1. The lowest BCUT2D eigenvalue weighted by atomic mass is 10.0. The highest BCUT2D eigenvalue weighted by Crippen LogP contribution is 2.35. The van der Waals surface area contributed by atoms with Crippen LogP contribution >= 0.6 is 11.6 Å². The molecule has 1 aromatic carbocycles. The van der Waals surface area contributed by atoms with Gasteiger partial charge in [0.25, 0.3) is 0 Å². The van der Waals surface area contributed by atoms with Crippen molar-refractivity contribution in [2.45, 2.75) is 19.4 Å². The smallest absolute Gasteiger partial charge is 0.151 e. The van der Waals surface area contributed by atoms with Gasteiger partial charge in [0.1, 0.15) is 0 Å². The molecule has 0 radical (unpaired) electrons. The minimum atomic E-state index is 0.717. The maximum atomic E-state index is 6.43. The molecule has 1 aliphatic heterocycles. The number of fused-ring (bicyclic) bond motifs is 1. The quantitative estimate of drug-likeness (QED) is 0.936. The van der Waals surface area contributed by atoms with Crippen LogP contribution in [0, 0.1) is 0 Å². The van der Waals surface area contributed by atoms with Crippen LogP contribution in [0.2, 0.25) is 5.02 Å². The number of nitrogens with zero attached hydrogens (tertiary/aromatic N) is 2. The standard InChI is InChI=1S/C16H18ClN3/c1-18-10-12-9-14(17)16(19-11-12)20-8-4-6-13-5-2-3-7-15(13)20/h2-3,5,7,9,11,18H,4,6,8,10H2,1H3. The highest BCUT2D eigenvalue weighted by atomic mass is 35.5. The Morgan fingerprint density at radius 3 is 3.00 bits per heavy atom. The summed E-state index contributed by atoms with van der Waals surface area (Å²) in [5.41, 5.74) is 3.71. The van der Waals surface area contributed by atoms with E-state index in [4.69, 9.17) is 11.6 Å². The Hall–Kier alpha value is -1.58. The highest BCUT2D eigenvalue weighted by Gasteiger charge is 2.20. The third-order valence-corrected chi connectivity index (χ3v) is 3.90. The molecule has 1 aromatic heterocycles. The average Bonchev–Trinajstić information content (AvgIpc) is 2.47. The van der Waals surface area contributed by atoms with Gasteiger partial charge in [-0.1, -0.05) is 29.8 Å². The summed E-state index contributed by atoms with van der Waals surface area (Å²) in [6, 6.07) is 10.5. The van der Waals surface area contributed by atoms with Gasteiger partial charge in [0, 0.05) is 25.0 Å². The normalized spacial score (nSPS) is 14.2. The number of rotatable bonds is 3. The molecule has 2 aromatic rings. The Kier molecular flexibility index (Phi) is 3.90. The predicted octanol–water partition coefficient (Wildman–Crippen LogP) is 3.54. The fourth-order valence-corrected chi connectivity index (χ4v) is 3.01. The maximum absolute atomic E-state index is 6.43. The molecule has 0 unspecified atom stereocenters. The number of aromatic nitrogens is 1. The minimum absolute atomic E-state index is 0.717. The number of anilines is 2. The first kappa shape index (κ1) is 13.4. The van der Waals surface area contributed by atoms with E-state index < -0.39 is 0 Å². The molecule has 104 valence electrons. The third kappa shape index (κ3) is 2.51. The van der Waals surface area contributed by atoms with Crippen molar-refractivity contribution in [3.63, 3.8) is 0 Å². The number of nitrogens with one attached hydrogen (secondary N) is 1. The van der Waals surface area contributed by atoms with Crippen molar-refractivity contribution < 1.29 is 0 Å². The van der Waals surface area contributed by atoms with Crippen molar-refractivity contribution in [1.82, 2.24) is 10.3 Å². The van der Waals surface area contributed by atoms with Gasteiger partial charge in [-0.05, 0) is 43.1 Å². The van der Waals surface area contributed by atoms with E-state index in [2.05, 4.69) is 39.5 Å². The Labute approximate surface area is 124 Å². The molecule has 20 heavy (non-hydrogen) atoms. The van der Waals surface area contributed by atoms with Crippen LogP contribution < -0.4 is 10.2 Å². The highest BCUT2D eigenvalue weighted by molar-refractivity contribution is 6.33. The number of aryl methyl sites for hydroxylation is 1. The van der Waals surface area contributed by atoms with Crippen LogP contribution in [-0.2, 0) is 13.0 Å². The summed E-state index contributed by atoms with van der Waals surface area (Å²) in [5, 5.41) is 3.83. The van der Waals surface area contributed by atoms with Crippen LogP contribution in [0.25, 0.3) is 0 Å². The fourth-order valence-electron chi connectivity index (χ4n) is 2.72. The number of hydrogen-bond donors (Lipinski definition) is 1. The van der Waals surface area contributed by atoms with Gasteiger partial charge in [-0.25, -0.2) is 4.98 Å². The van der Waals surface area contributed by atoms with E-state index in [1.807, 2.05) is 19.3 Å². The molecule has 2 heterocycles. The Bertz CT molecular complexity index is 612. The third-order valence-electron chi connectivity index (χ3n) is 3.63. The van der Waals surface area contributed by atoms with E-state index >= 15 is 0 Å². The van der Waals surface area contributed by atoms with Gasteiger partial charge >= 0.3 is 0 Å². The zero-order valence-corrected chi connectivity index (χ0v) is 12.3. The molecule has 0 saturated heterocycles. The van der Waals surface area contributed by atoms with Crippen molar-refractivity contribution in [3.05, 3.63) is 52.7 Å². The van der Waals surface area contributed by atoms with Crippen molar-refractivity contribution in [1.29, 1.82) is 0 Å². The molecule has 0 atom stereocenters. The molecule has 0 saturated carbocycles. The number of para-hydroxylation sites is 1. The molecule has 0 spiro atoms. The summed E-state index contributed by atoms with van der Waals surface area (Å²) in [5.74, 6) is 0.860. The molecule has 1 N–H and O–H groups in total. The van der Waals surface area contributed by atoms with Gasteiger partial charge in [-0.15, -0.1) is 0 Å². The van der Waals surface area contributed by atoms with Crippen molar-refractivity contribution in [2.24, 2.45) is 0 Å². The summed E-state index contributed by atoms with van der Waals surface area (Å²) in [7, 11) is 1.92. The van der Waals surface area contributed by atoms with Gasteiger partial charge < -0.3 is 10.2 Å². The Balaban J connectivity index is 1.98. The fraction of sp³-hybridized carbons (Fsp3) is 0.312. The second-order valence-corrected chi connectivity index (χ2v) is 5.47. The second kappa shape index (κ2) is 5.81. The van der Waals surface area contributed by atoms with Crippen LogP contribution in [0.4, 0.5) is 11.5 Å². The number of halogens is 1. The first-order valence-corrected chi connectivity index (χ1v) is 7.32. The minimum Gasteiger partial charge on any atom is -0.325 e. The van der Waals surface area contributed by atoms with Crippen LogP contribution in [0.1, 0.15) is 17.5 Å². The number of pyridine rings is 1. The van der Waals surface area contributed by atoms with E-state index in [1.54, 1.807) is 0 Å². The van der Waals surface area contributed by atoms with Gasteiger partial charge in [0.05, 0.1) is 5.02 Å².